The lowest BCUT2D eigenvalue weighted by Crippen LogP contribution is -2.34. The van der Waals surface area contributed by atoms with Gasteiger partial charge in [-0.25, -0.2) is 5.48 Å². The van der Waals surface area contributed by atoms with Gasteiger partial charge in [0, 0.05) is 11.1 Å². The Balaban J connectivity index is 1.90. The molecule has 0 saturated heterocycles. The van der Waals surface area contributed by atoms with Crippen molar-refractivity contribution < 1.29 is 37.1 Å². The fourth-order valence-electron chi connectivity index (χ4n) is 2.60. The summed E-state index contributed by atoms with van der Waals surface area (Å²) in [5.74, 6) is -0.341. The summed E-state index contributed by atoms with van der Waals surface area (Å²) in [7, 11) is 3.00. The van der Waals surface area contributed by atoms with Crippen LogP contribution in [0.25, 0.3) is 0 Å². The summed E-state index contributed by atoms with van der Waals surface area (Å²) in [6.45, 7) is 1.18. The van der Waals surface area contributed by atoms with Crippen LogP contribution in [0.2, 0.25) is 0 Å². The summed E-state index contributed by atoms with van der Waals surface area (Å²) in [6.07, 6.45) is -4.58. The van der Waals surface area contributed by atoms with Gasteiger partial charge in [0.05, 0.1) is 25.8 Å². The van der Waals surface area contributed by atoms with Crippen molar-refractivity contribution in [1.29, 1.82) is 0 Å². The topological polar surface area (TPSA) is 85.9 Å². The number of carbonyl (C=O) groups excluding carboxylic acids is 2. The number of hydroxylamine groups is 1. The minimum atomic E-state index is -4.58. The van der Waals surface area contributed by atoms with Gasteiger partial charge in [0.15, 0.2) is 6.61 Å². The van der Waals surface area contributed by atoms with Crippen molar-refractivity contribution in [2.24, 2.45) is 0 Å². The van der Waals surface area contributed by atoms with Crippen molar-refractivity contribution in [3.63, 3.8) is 0 Å². The summed E-state index contributed by atoms with van der Waals surface area (Å²) in [6, 6.07) is 8.49. The van der Waals surface area contributed by atoms with Gasteiger partial charge in [-0.3, -0.25) is 14.4 Å². The van der Waals surface area contributed by atoms with E-state index in [1.165, 1.54) is 20.3 Å². The highest BCUT2D eigenvalue weighted by atomic mass is 19.4. The van der Waals surface area contributed by atoms with Gasteiger partial charge in [-0.15, -0.1) is 0 Å². The quantitative estimate of drug-likeness (QED) is 0.633. The van der Waals surface area contributed by atoms with Gasteiger partial charge in [-0.2, -0.15) is 13.2 Å². The molecule has 0 fully saturated rings. The van der Waals surface area contributed by atoms with E-state index in [1.54, 1.807) is 25.1 Å². The first-order valence-electron chi connectivity index (χ1n) is 8.76. The first-order chi connectivity index (χ1) is 14.2. The number of alkyl halides is 3. The molecule has 10 heteroatoms. The Morgan fingerprint density at radius 2 is 1.80 bits per heavy atom. The SMILES string of the molecule is COc1ccc(OC)c(C(C)NC(=O)CONC(=O)c2cccc(C(F)(F)F)c2)c1. The summed E-state index contributed by atoms with van der Waals surface area (Å²) in [4.78, 5) is 28.8. The monoisotopic (exact) mass is 426 g/mol. The molecule has 0 aromatic heterocycles. The molecule has 0 aliphatic carbocycles. The molecule has 0 aliphatic heterocycles. The van der Waals surface area contributed by atoms with Gasteiger partial charge in [-0.05, 0) is 43.3 Å². The number of hydrogen-bond donors (Lipinski definition) is 2. The zero-order valence-corrected chi connectivity index (χ0v) is 16.5. The highest BCUT2D eigenvalue weighted by Crippen LogP contribution is 2.30. The third-order valence-electron chi connectivity index (χ3n) is 4.10. The molecule has 0 saturated carbocycles. The predicted octanol–water partition coefficient (Wildman–Crippen LogP) is 3.26. The fraction of sp³-hybridized carbons (Fsp3) is 0.300. The molecule has 30 heavy (non-hydrogen) atoms. The second kappa shape index (κ2) is 9.97. The second-order valence-electron chi connectivity index (χ2n) is 6.20. The lowest BCUT2D eigenvalue weighted by molar-refractivity contribution is -0.137. The highest BCUT2D eigenvalue weighted by molar-refractivity contribution is 5.93. The third kappa shape index (κ3) is 6.11. The molecular formula is C20H21F3N2O5. The first-order valence-corrected chi connectivity index (χ1v) is 8.76. The summed E-state index contributed by atoms with van der Waals surface area (Å²) in [5, 5.41) is 2.67. The Hall–Kier alpha value is -3.27. The minimum absolute atomic E-state index is 0.250. The molecule has 2 aromatic carbocycles. The van der Waals surface area contributed by atoms with E-state index in [-0.39, 0.29) is 5.56 Å². The van der Waals surface area contributed by atoms with Crippen LogP contribution < -0.4 is 20.3 Å². The second-order valence-corrected chi connectivity index (χ2v) is 6.20. The van der Waals surface area contributed by atoms with Crippen LogP contribution >= 0.6 is 0 Å². The van der Waals surface area contributed by atoms with Gasteiger partial charge < -0.3 is 14.8 Å². The van der Waals surface area contributed by atoms with Crippen molar-refractivity contribution in [3.05, 3.63) is 59.2 Å². The van der Waals surface area contributed by atoms with E-state index in [0.29, 0.717) is 23.1 Å². The summed E-state index contributed by atoms with van der Waals surface area (Å²) >= 11 is 0. The number of nitrogens with one attached hydrogen (secondary N) is 2. The van der Waals surface area contributed by atoms with Crippen LogP contribution in [-0.4, -0.2) is 32.6 Å². The molecular weight excluding hydrogens is 405 g/mol. The molecule has 7 nitrogen and oxygen atoms in total. The normalized spacial score (nSPS) is 12.1. The zero-order chi connectivity index (χ0) is 22.3. The number of methoxy groups -OCH3 is 2. The van der Waals surface area contributed by atoms with E-state index in [0.717, 1.165) is 12.1 Å². The van der Waals surface area contributed by atoms with Crippen LogP contribution in [0.5, 0.6) is 11.5 Å². The van der Waals surface area contributed by atoms with Crippen LogP contribution in [0.15, 0.2) is 42.5 Å². The maximum absolute atomic E-state index is 12.7. The van der Waals surface area contributed by atoms with Gasteiger partial charge in [0.2, 0.25) is 5.91 Å². The van der Waals surface area contributed by atoms with Crippen molar-refractivity contribution in [1.82, 2.24) is 10.8 Å². The number of amides is 2. The van der Waals surface area contributed by atoms with Crippen LogP contribution in [0.1, 0.15) is 34.5 Å². The molecule has 1 atom stereocenters. The van der Waals surface area contributed by atoms with E-state index in [2.05, 4.69) is 5.32 Å². The largest absolute Gasteiger partial charge is 0.497 e. The third-order valence-corrected chi connectivity index (χ3v) is 4.10. The van der Waals surface area contributed by atoms with Crippen molar-refractivity contribution in [3.8, 4) is 11.5 Å². The van der Waals surface area contributed by atoms with Crippen molar-refractivity contribution >= 4 is 11.8 Å². The smallest absolute Gasteiger partial charge is 0.416 e. The van der Waals surface area contributed by atoms with Crippen LogP contribution in [0.4, 0.5) is 13.2 Å². The molecule has 162 valence electrons. The Bertz CT molecular complexity index is 902. The standard InChI is InChI=1S/C20H21F3N2O5/c1-12(16-10-15(28-2)7-8-17(16)29-3)24-18(26)11-30-25-19(27)13-5-4-6-14(9-13)20(21,22)23/h4-10,12H,11H2,1-3H3,(H,24,26)(H,25,27). The average Bonchev–Trinajstić information content (AvgIpc) is 2.72. The molecule has 2 rings (SSSR count). The van der Waals surface area contributed by atoms with Crippen LogP contribution in [0, 0.1) is 0 Å². The van der Waals surface area contributed by atoms with E-state index >= 15 is 0 Å². The lowest BCUT2D eigenvalue weighted by atomic mass is 10.1. The molecule has 0 spiro atoms. The highest BCUT2D eigenvalue weighted by Gasteiger charge is 2.30. The maximum Gasteiger partial charge on any atom is 0.416 e. The predicted molar refractivity (Wildman–Crippen MR) is 101 cm³/mol. The van der Waals surface area contributed by atoms with Gasteiger partial charge >= 0.3 is 6.18 Å². The number of carbonyl (C=O) groups is 2. The number of benzene rings is 2. The zero-order valence-electron chi connectivity index (χ0n) is 16.5. The maximum atomic E-state index is 12.7. The number of ether oxygens (including phenoxy) is 2. The molecule has 2 aromatic rings. The van der Waals surface area contributed by atoms with Gasteiger partial charge in [-0.1, -0.05) is 6.07 Å². The average molecular weight is 426 g/mol. The molecule has 0 heterocycles. The van der Waals surface area contributed by atoms with Crippen LogP contribution in [-0.2, 0) is 15.8 Å². The van der Waals surface area contributed by atoms with Crippen molar-refractivity contribution in [2.45, 2.75) is 19.1 Å². The number of hydrogen-bond acceptors (Lipinski definition) is 5. The minimum Gasteiger partial charge on any atom is -0.497 e. The van der Waals surface area contributed by atoms with Crippen molar-refractivity contribution in [2.75, 3.05) is 20.8 Å². The molecule has 2 N–H and O–H groups in total. The number of rotatable bonds is 8. The Kier molecular flexibility index (Phi) is 7.65. The van der Waals surface area contributed by atoms with E-state index in [4.69, 9.17) is 14.3 Å². The Labute approximate surface area is 171 Å². The lowest BCUT2D eigenvalue weighted by Gasteiger charge is -2.18. The van der Waals surface area contributed by atoms with E-state index in [9.17, 15) is 22.8 Å². The Morgan fingerprint density at radius 3 is 2.43 bits per heavy atom. The van der Waals surface area contributed by atoms with E-state index in [1.807, 2.05) is 5.48 Å². The molecule has 0 aliphatic rings. The summed E-state index contributed by atoms with van der Waals surface area (Å²) < 4.78 is 48.6. The van der Waals surface area contributed by atoms with E-state index < -0.39 is 36.2 Å². The van der Waals surface area contributed by atoms with Gasteiger partial charge in [0.1, 0.15) is 11.5 Å². The number of halogens is 3. The molecule has 0 bridgehead atoms. The first kappa shape index (κ1) is 23.0. The molecule has 2 amide bonds. The summed E-state index contributed by atoms with van der Waals surface area (Å²) in [5.41, 5.74) is 1.40. The van der Waals surface area contributed by atoms with Gasteiger partial charge in [0.25, 0.3) is 5.91 Å². The molecule has 0 radical (unpaired) electrons. The Morgan fingerprint density at radius 1 is 1.07 bits per heavy atom. The van der Waals surface area contributed by atoms with Crippen LogP contribution in [0.3, 0.4) is 0 Å². The fourth-order valence-corrected chi connectivity index (χ4v) is 2.60. The molecule has 1 unspecified atom stereocenters.